The van der Waals surface area contributed by atoms with E-state index in [-0.39, 0.29) is 11.7 Å². The minimum atomic E-state index is 0.210. The van der Waals surface area contributed by atoms with Crippen LogP contribution in [0.3, 0.4) is 0 Å². The average Bonchev–Trinajstić information content (AvgIpc) is 3.06. The molecule has 2 aromatic carbocycles. The van der Waals surface area contributed by atoms with Crippen LogP contribution in [0.5, 0.6) is 17.2 Å². The summed E-state index contributed by atoms with van der Waals surface area (Å²) in [6.07, 6.45) is 5.53. The maximum absolute atomic E-state index is 10.1. The Morgan fingerprint density at radius 2 is 1.85 bits per heavy atom. The van der Waals surface area contributed by atoms with Crippen molar-refractivity contribution in [3.63, 3.8) is 0 Å². The lowest BCUT2D eigenvalue weighted by atomic mass is 9.99. The summed E-state index contributed by atoms with van der Waals surface area (Å²) in [5.74, 6) is 2.40. The summed E-state index contributed by atoms with van der Waals surface area (Å²) in [5, 5.41) is 14.3. The number of allylic oxidation sites excluding steroid dienone is 1. The molecule has 0 bridgehead atoms. The fourth-order valence-electron chi connectivity index (χ4n) is 3.35. The molecule has 0 saturated carbocycles. The SMILES string of the molecule is COc1cc2ncnc(Nc3ccc(O)c4c3C(C)C=C4)c2cc1OC. The van der Waals surface area contributed by atoms with Gasteiger partial charge in [0.1, 0.15) is 17.9 Å². The van der Waals surface area contributed by atoms with Crippen LogP contribution in [0.25, 0.3) is 17.0 Å². The molecule has 4 rings (SSSR count). The van der Waals surface area contributed by atoms with E-state index in [1.165, 1.54) is 6.33 Å². The number of fused-ring (bicyclic) bond motifs is 2. The minimum absolute atomic E-state index is 0.210. The third-order valence-corrected chi connectivity index (χ3v) is 4.66. The number of phenols is 1. The zero-order chi connectivity index (χ0) is 18.3. The first-order valence-corrected chi connectivity index (χ1v) is 8.30. The topological polar surface area (TPSA) is 76.5 Å². The number of hydrogen-bond acceptors (Lipinski definition) is 6. The molecule has 6 heteroatoms. The number of ether oxygens (including phenoxy) is 2. The molecule has 1 atom stereocenters. The van der Waals surface area contributed by atoms with Crippen molar-refractivity contribution >= 4 is 28.5 Å². The Morgan fingerprint density at radius 1 is 1.08 bits per heavy atom. The molecule has 0 amide bonds. The number of benzene rings is 2. The molecule has 1 aliphatic rings. The number of nitrogens with zero attached hydrogens (tertiary/aromatic N) is 2. The standard InChI is InChI=1S/C20H19N3O3/c1-11-4-5-12-16(24)7-6-14(19(11)12)23-20-13-8-17(25-2)18(26-3)9-15(13)21-10-22-20/h4-11,24H,1-3H3,(H,21,22,23). The minimum Gasteiger partial charge on any atom is -0.507 e. The molecule has 0 radical (unpaired) electrons. The van der Waals surface area contributed by atoms with Crippen LogP contribution in [0, 0.1) is 0 Å². The molecule has 1 aromatic heterocycles. The van der Waals surface area contributed by atoms with Crippen molar-refractivity contribution in [1.82, 2.24) is 9.97 Å². The van der Waals surface area contributed by atoms with Crippen LogP contribution in [0.1, 0.15) is 24.0 Å². The van der Waals surface area contributed by atoms with Gasteiger partial charge in [-0.25, -0.2) is 9.97 Å². The normalized spacial score (nSPS) is 15.1. The second kappa shape index (κ2) is 6.22. The van der Waals surface area contributed by atoms with Gasteiger partial charge in [-0.3, -0.25) is 0 Å². The molecular formula is C20H19N3O3. The van der Waals surface area contributed by atoms with E-state index in [1.807, 2.05) is 24.3 Å². The van der Waals surface area contributed by atoms with Gasteiger partial charge in [-0.15, -0.1) is 0 Å². The van der Waals surface area contributed by atoms with E-state index in [9.17, 15) is 5.11 Å². The fourth-order valence-corrected chi connectivity index (χ4v) is 3.35. The molecule has 1 heterocycles. The largest absolute Gasteiger partial charge is 0.507 e. The fraction of sp³-hybridized carbons (Fsp3) is 0.200. The van der Waals surface area contributed by atoms with E-state index in [0.717, 1.165) is 27.7 Å². The average molecular weight is 349 g/mol. The lowest BCUT2D eigenvalue weighted by Gasteiger charge is -2.16. The van der Waals surface area contributed by atoms with Crippen LogP contribution in [0.2, 0.25) is 0 Å². The Labute approximate surface area is 151 Å². The first-order valence-electron chi connectivity index (χ1n) is 8.30. The summed E-state index contributed by atoms with van der Waals surface area (Å²) >= 11 is 0. The molecule has 1 aliphatic carbocycles. The molecule has 132 valence electrons. The van der Waals surface area contributed by atoms with E-state index >= 15 is 0 Å². The summed E-state index contributed by atoms with van der Waals surface area (Å²) in [4.78, 5) is 8.73. The van der Waals surface area contributed by atoms with Crippen molar-refractivity contribution in [1.29, 1.82) is 0 Å². The first kappa shape index (κ1) is 16.2. The third-order valence-electron chi connectivity index (χ3n) is 4.66. The molecule has 3 aromatic rings. The molecule has 2 N–H and O–H groups in total. The quantitative estimate of drug-likeness (QED) is 0.687. The van der Waals surface area contributed by atoms with Gasteiger partial charge in [-0.05, 0) is 23.8 Å². The lowest BCUT2D eigenvalue weighted by Crippen LogP contribution is -2.02. The summed E-state index contributed by atoms with van der Waals surface area (Å²) < 4.78 is 10.8. The highest BCUT2D eigenvalue weighted by Gasteiger charge is 2.21. The van der Waals surface area contributed by atoms with Crippen LogP contribution in [0.4, 0.5) is 11.5 Å². The van der Waals surface area contributed by atoms with E-state index in [0.29, 0.717) is 17.3 Å². The molecule has 0 spiro atoms. The van der Waals surface area contributed by atoms with Crippen molar-refractivity contribution < 1.29 is 14.6 Å². The Balaban J connectivity index is 1.83. The maximum Gasteiger partial charge on any atom is 0.162 e. The van der Waals surface area contributed by atoms with Crippen LogP contribution in [-0.4, -0.2) is 29.3 Å². The molecule has 26 heavy (non-hydrogen) atoms. The monoisotopic (exact) mass is 349 g/mol. The number of rotatable bonds is 4. The summed E-state index contributed by atoms with van der Waals surface area (Å²) in [6.45, 7) is 2.10. The lowest BCUT2D eigenvalue weighted by molar-refractivity contribution is 0.356. The van der Waals surface area contributed by atoms with Crippen molar-refractivity contribution in [2.24, 2.45) is 0 Å². The zero-order valence-electron chi connectivity index (χ0n) is 14.8. The zero-order valence-corrected chi connectivity index (χ0v) is 14.8. The van der Waals surface area contributed by atoms with E-state index in [2.05, 4.69) is 28.3 Å². The molecule has 0 saturated heterocycles. The van der Waals surface area contributed by atoms with Crippen LogP contribution >= 0.6 is 0 Å². The third kappa shape index (κ3) is 2.50. The van der Waals surface area contributed by atoms with Gasteiger partial charge in [-0.2, -0.15) is 0 Å². The number of phenolic OH excluding ortho intramolecular Hbond substituents is 1. The van der Waals surface area contributed by atoms with E-state index in [1.54, 1.807) is 20.3 Å². The predicted octanol–water partition coefficient (Wildman–Crippen LogP) is 4.23. The van der Waals surface area contributed by atoms with Gasteiger partial charge < -0.3 is 19.9 Å². The Morgan fingerprint density at radius 3 is 2.62 bits per heavy atom. The molecule has 0 fully saturated rings. The Kier molecular flexibility index (Phi) is 3.88. The molecule has 0 aliphatic heterocycles. The molecule has 1 unspecified atom stereocenters. The highest BCUT2D eigenvalue weighted by molar-refractivity contribution is 5.93. The Hall–Kier alpha value is -3.28. The second-order valence-corrected chi connectivity index (χ2v) is 6.18. The van der Waals surface area contributed by atoms with Crippen molar-refractivity contribution in [2.45, 2.75) is 12.8 Å². The van der Waals surface area contributed by atoms with Crippen LogP contribution < -0.4 is 14.8 Å². The predicted molar refractivity (Wildman–Crippen MR) is 101 cm³/mol. The van der Waals surface area contributed by atoms with Gasteiger partial charge in [0.25, 0.3) is 0 Å². The number of methoxy groups -OCH3 is 2. The molecule has 6 nitrogen and oxygen atoms in total. The smallest absolute Gasteiger partial charge is 0.162 e. The van der Waals surface area contributed by atoms with Gasteiger partial charge >= 0.3 is 0 Å². The highest BCUT2D eigenvalue weighted by Crippen LogP contribution is 2.42. The van der Waals surface area contributed by atoms with Crippen molar-refractivity contribution in [2.75, 3.05) is 19.5 Å². The number of aromatic hydroxyl groups is 1. The summed E-state index contributed by atoms with van der Waals surface area (Å²) in [5.41, 5.74) is 3.56. The number of nitrogens with one attached hydrogen (secondary N) is 1. The highest BCUT2D eigenvalue weighted by atomic mass is 16.5. The van der Waals surface area contributed by atoms with Crippen molar-refractivity contribution in [3.05, 3.63) is 47.8 Å². The number of anilines is 2. The van der Waals surface area contributed by atoms with E-state index in [4.69, 9.17) is 9.47 Å². The van der Waals surface area contributed by atoms with Crippen molar-refractivity contribution in [3.8, 4) is 17.2 Å². The summed E-state index contributed by atoms with van der Waals surface area (Å²) in [6, 6.07) is 7.24. The van der Waals surface area contributed by atoms with Gasteiger partial charge in [0.05, 0.1) is 19.7 Å². The maximum atomic E-state index is 10.1. The number of hydrogen-bond donors (Lipinski definition) is 2. The number of aromatic nitrogens is 2. The van der Waals surface area contributed by atoms with Crippen LogP contribution in [-0.2, 0) is 0 Å². The first-order chi connectivity index (χ1) is 12.6. The van der Waals surface area contributed by atoms with Gasteiger partial charge in [-0.1, -0.05) is 19.1 Å². The Bertz CT molecular complexity index is 1030. The van der Waals surface area contributed by atoms with Gasteiger partial charge in [0, 0.05) is 28.6 Å². The second-order valence-electron chi connectivity index (χ2n) is 6.18. The van der Waals surface area contributed by atoms with Gasteiger partial charge in [0.15, 0.2) is 11.5 Å². The summed E-state index contributed by atoms with van der Waals surface area (Å²) in [7, 11) is 3.19. The molecular weight excluding hydrogens is 330 g/mol. The van der Waals surface area contributed by atoms with Gasteiger partial charge in [0.2, 0.25) is 0 Å². The van der Waals surface area contributed by atoms with E-state index < -0.39 is 0 Å². The van der Waals surface area contributed by atoms with Crippen LogP contribution in [0.15, 0.2) is 36.7 Å².